The summed E-state index contributed by atoms with van der Waals surface area (Å²) in [5, 5.41) is 0.622. The van der Waals surface area contributed by atoms with Crippen molar-refractivity contribution in [3.8, 4) is 11.5 Å². The highest BCUT2D eigenvalue weighted by Gasteiger charge is 2.10. The van der Waals surface area contributed by atoms with Gasteiger partial charge in [0.25, 0.3) is 0 Å². The van der Waals surface area contributed by atoms with E-state index >= 15 is 0 Å². The van der Waals surface area contributed by atoms with E-state index in [1.54, 1.807) is 12.1 Å². The first-order valence-electron chi connectivity index (χ1n) is 5.70. The highest BCUT2D eigenvalue weighted by molar-refractivity contribution is 6.30. The van der Waals surface area contributed by atoms with E-state index in [2.05, 4.69) is 0 Å². The molecule has 0 bridgehead atoms. The zero-order chi connectivity index (χ0) is 14.0. The number of hydrogen-bond donors (Lipinski definition) is 0. The predicted molar refractivity (Wildman–Crippen MR) is 72.8 cm³/mol. The minimum atomic E-state index is -0.473. The Morgan fingerprint density at radius 1 is 1.16 bits per heavy atom. The predicted octanol–water partition coefficient (Wildman–Crippen LogP) is 4.70. The van der Waals surface area contributed by atoms with Crippen molar-refractivity contribution in [3.63, 3.8) is 0 Å². The lowest BCUT2D eigenvalue weighted by molar-refractivity contribution is 0.112. The second-order valence-corrected chi connectivity index (χ2v) is 4.71. The molecule has 4 heteroatoms. The molecule has 2 rings (SSSR count). The van der Waals surface area contributed by atoms with Gasteiger partial charge in [0.15, 0.2) is 6.29 Å². The van der Waals surface area contributed by atoms with Crippen LogP contribution in [-0.2, 0) is 0 Å². The first kappa shape index (κ1) is 13.6. The third kappa shape index (κ3) is 2.93. The Hall–Kier alpha value is -1.87. The molecule has 0 aliphatic carbocycles. The van der Waals surface area contributed by atoms with E-state index in [4.69, 9.17) is 16.3 Å². The molecule has 0 saturated heterocycles. The molecular weight excluding hydrogens is 267 g/mol. The Kier molecular flexibility index (Phi) is 3.86. The smallest absolute Gasteiger partial charge is 0.153 e. The molecule has 0 heterocycles. The molecular formula is C15H12ClFO2. The summed E-state index contributed by atoms with van der Waals surface area (Å²) < 4.78 is 18.8. The Bertz CT molecular complexity index is 615. The van der Waals surface area contributed by atoms with Gasteiger partial charge in [0.2, 0.25) is 0 Å². The minimum Gasteiger partial charge on any atom is -0.456 e. The van der Waals surface area contributed by atoms with Gasteiger partial charge in [-0.05, 0) is 55.3 Å². The van der Waals surface area contributed by atoms with Gasteiger partial charge >= 0.3 is 0 Å². The number of hydrogen-bond acceptors (Lipinski definition) is 2. The highest BCUT2D eigenvalue weighted by Crippen LogP contribution is 2.32. The van der Waals surface area contributed by atoms with Crippen LogP contribution >= 0.6 is 11.6 Å². The van der Waals surface area contributed by atoms with Gasteiger partial charge in [0.1, 0.15) is 17.3 Å². The van der Waals surface area contributed by atoms with E-state index < -0.39 is 5.82 Å². The van der Waals surface area contributed by atoms with Crippen LogP contribution in [0.2, 0.25) is 5.02 Å². The number of carbonyl (C=O) groups excluding carboxylic acids is 1. The fourth-order valence-corrected chi connectivity index (χ4v) is 2.20. The van der Waals surface area contributed by atoms with Crippen LogP contribution in [0.5, 0.6) is 11.5 Å². The fraction of sp³-hybridized carbons (Fsp3) is 0.133. The number of rotatable bonds is 3. The number of aldehydes is 1. The maximum Gasteiger partial charge on any atom is 0.153 e. The number of benzene rings is 2. The molecule has 0 aromatic heterocycles. The topological polar surface area (TPSA) is 26.3 Å². The van der Waals surface area contributed by atoms with Crippen molar-refractivity contribution < 1.29 is 13.9 Å². The van der Waals surface area contributed by atoms with Gasteiger partial charge in [0.05, 0.1) is 5.56 Å². The normalized spacial score (nSPS) is 10.3. The summed E-state index contributed by atoms with van der Waals surface area (Å²) in [5.74, 6) is 0.475. The summed E-state index contributed by atoms with van der Waals surface area (Å²) in [5.41, 5.74) is 1.88. The zero-order valence-electron chi connectivity index (χ0n) is 10.5. The lowest BCUT2D eigenvalue weighted by Gasteiger charge is -2.13. The van der Waals surface area contributed by atoms with Gasteiger partial charge in [-0.2, -0.15) is 0 Å². The summed E-state index contributed by atoms with van der Waals surface area (Å²) in [4.78, 5) is 10.9. The lowest BCUT2D eigenvalue weighted by Crippen LogP contribution is -1.95. The Morgan fingerprint density at radius 3 is 2.37 bits per heavy atom. The summed E-state index contributed by atoms with van der Waals surface area (Å²) >= 11 is 5.94. The van der Waals surface area contributed by atoms with E-state index in [0.29, 0.717) is 22.8 Å². The third-order valence-electron chi connectivity index (χ3n) is 2.74. The summed E-state index contributed by atoms with van der Waals surface area (Å²) in [6, 6.07) is 7.38. The fourth-order valence-electron chi connectivity index (χ4n) is 1.87. The van der Waals surface area contributed by atoms with Crippen molar-refractivity contribution in [1.29, 1.82) is 0 Å². The van der Waals surface area contributed by atoms with E-state index in [0.717, 1.165) is 17.2 Å². The summed E-state index contributed by atoms with van der Waals surface area (Å²) in [7, 11) is 0. The van der Waals surface area contributed by atoms with Crippen LogP contribution in [0.1, 0.15) is 21.5 Å². The molecule has 0 unspecified atom stereocenters. The average molecular weight is 279 g/mol. The van der Waals surface area contributed by atoms with E-state index in [-0.39, 0.29) is 5.56 Å². The zero-order valence-corrected chi connectivity index (χ0v) is 11.3. The molecule has 2 aromatic rings. The standard InChI is InChI=1S/C15H12ClFO2/c1-9-5-12(16)6-10(2)15(9)19-14-4-3-13(17)7-11(14)8-18/h3-8H,1-2H3. The molecule has 0 saturated carbocycles. The van der Waals surface area contributed by atoms with Crippen LogP contribution < -0.4 is 4.74 Å². The molecule has 0 atom stereocenters. The number of halogens is 2. The van der Waals surface area contributed by atoms with Crippen LogP contribution in [-0.4, -0.2) is 6.29 Å². The SMILES string of the molecule is Cc1cc(Cl)cc(C)c1Oc1ccc(F)cc1C=O. The summed E-state index contributed by atoms with van der Waals surface area (Å²) in [6.45, 7) is 3.72. The van der Waals surface area contributed by atoms with Crippen LogP contribution in [0.25, 0.3) is 0 Å². The number of ether oxygens (including phenoxy) is 1. The molecule has 2 aromatic carbocycles. The molecule has 0 aliphatic rings. The first-order valence-corrected chi connectivity index (χ1v) is 6.08. The monoisotopic (exact) mass is 278 g/mol. The second-order valence-electron chi connectivity index (χ2n) is 4.27. The third-order valence-corrected chi connectivity index (χ3v) is 2.95. The summed E-state index contributed by atoms with van der Waals surface area (Å²) in [6.07, 6.45) is 0.568. The molecule has 19 heavy (non-hydrogen) atoms. The van der Waals surface area contributed by atoms with Crippen molar-refractivity contribution >= 4 is 17.9 Å². The molecule has 0 spiro atoms. The van der Waals surface area contributed by atoms with E-state index in [1.807, 2.05) is 13.8 Å². The minimum absolute atomic E-state index is 0.175. The van der Waals surface area contributed by atoms with Crippen LogP contribution in [0.3, 0.4) is 0 Å². The Morgan fingerprint density at radius 2 is 1.79 bits per heavy atom. The number of carbonyl (C=O) groups is 1. The Labute approximate surface area is 115 Å². The van der Waals surface area contributed by atoms with Crippen LogP contribution in [0, 0.1) is 19.7 Å². The van der Waals surface area contributed by atoms with Crippen molar-refractivity contribution in [2.24, 2.45) is 0 Å². The maximum atomic E-state index is 13.1. The quantitative estimate of drug-likeness (QED) is 0.761. The average Bonchev–Trinajstić information content (AvgIpc) is 2.35. The first-order chi connectivity index (χ1) is 9.01. The molecule has 0 radical (unpaired) electrons. The Balaban J connectivity index is 2.44. The lowest BCUT2D eigenvalue weighted by atomic mass is 10.1. The van der Waals surface area contributed by atoms with Gasteiger partial charge in [-0.15, -0.1) is 0 Å². The van der Waals surface area contributed by atoms with Gasteiger partial charge in [0, 0.05) is 5.02 Å². The van der Waals surface area contributed by atoms with Crippen LogP contribution in [0.4, 0.5) is 4.39 Å². The molecule has 0 fully saturated rings. The highest BCUT2D eigenvalue weighted by atomic mass is 35.5. The largest absolute Gasteiger partial charge is 0.456 e. The van der Waals surface area contributed by atoms with Gasteiger partial charge in [-0.3, -0.25) is 4.79 Å². The molecule has 2 nitrogen and oxygen atoms in total. The van der Waals surface area contributed by atoms with Gasteiger partial charge in [-0.1, -0.05) is 11.6 Å². The molecule has 0 N–H and O–H groups in total. The van der Waals surface area contributed by atoms with E-state index in [9.17, 15) is 9.18 Å². The van der Waals surface area contributed by atoms with Gasteiger partial charge < -0.3 is 4.74 Å². The van der Waals surface area contributed by atoms with Gasteiger partial charge in [-0.25, -0.2) is 4.39 Å². The molecule has 0 aliphatic heterocycles. The van der Waals surface area contributed by atoms with Crippen molar-refractivity contribution in [1.82, 2.24) is 0 Å². The van der Waals surface area contributed by atoms with Crippen LogP contribution in [0.15, 0.2) is 30.3 Å². The molecule has 98 valence electrons. The molecule has 0 amide bonds. The number of aryl methyl sites for hydroxylation is 2. The van der Waals surface area contributed by atoms with E-state index in [1.165, 1.54) is 12.1 Å². The van der Waals surface area contributed by atoms with Crippen molar-refractivity contribution in [2.75, 3.05) is 0 Å². The van der Waals surface area contributed by atoms with Crippen molar-refractivity contribution in [3.05, 3.63) is 57.9 Å². The maximum absolute atomic E-state index is 13.1. The second kappa shape index (κ2) is 5.41. The van der Waals surface area contributed by atoms with Crippen molar-refractivity contribution in [2.45, 2.75) is 13.8 Å².